The van der Waals surface area contributed by atoms with Gasteiger partial charge in [0, 0.05) is 12.2 Å². The van der Waals surface area contributed by atoms with E-state index in [1.165, 1.54) is 0 Å². The number of hydrogen-bond acceptors (Lipinski definition) is 4. The van der Waals surface area contributed by atoms with Crippen molar-refractivity contribution in [3.05, 3.63) is 12.2 Å². The summed E-state index contributed by atoms with van der Waals surface area (Å²) >= 11 is 0. The summed E-state index contributed by atoms with van der Waals surface area (Å²) in [5.41, 5.74) is 0. The molecule has 0 aromatic carbocycles. The number of esters is 1. The summed E-state index contributed by atoms with van der Waals surface area (Å²) in [5.74, 6) is -1.81. The van der Waals surface area contributed by atoms with Gasteiger partial charge in [0.25, 0.3) is 0 Å². The van der Waals surface area contributed by atoms with Crippen molar-refractivity contribution in [1.82, 2.24) is 4.90 Å². The molecule has 0 bridgehead atoms. The normalized spacial score (nSPS) is 13.1. The molecule has 1 atom stereocenters. The third-order valence-electron chi connectivity index (χ3n) is 1.98. The molecule has 86 valence electrons. The third-order valence-corrected chi connectivity index (χ3v) is 1.98. The van der Waals surface area contributed by atoms with E-state index in [1.54, 1.807) is 6.92 Å². The number of carbonyl (C=O) groups is 2. The number of nitrogens with zero attached hydrogens (tertiary/aromatic N) is 1. The highest BCUT2D eigenvalue weighted by Crippen LogP contribution is 2.00. The van der Waals surface area contributed by atoms with Crippen molar-refractivity contribution < 1.29 is 19.4 Å². The van der Waals surface area contributed by atoms with Crippen LogP contribution in [0, 0.1) is 0 Å². The van der Waals surface area contributed by atoms with Crippen LogP contribution in [0.1, 0.15) is 20.8 Å². The second-order valence-electron chi connectivity index (χ2n) is 2.93. The van der Waals surface area contributed by atoms with Crippen LogP contribution in [0.4, 0.5) is 0 Å². The fourth-order valence-electron chi connectivity index (χ4n) is 1.16. The molecular weight excluding hydrogens is 198 g/mol. The number of ether oxygens (including phenoxy) is 1. The van der Waals surface area contributed by atoms with E-state index in [0.717, 1.165) is 25.2 Å². The Kier molecular flexibility index (Phi) is 6.37. The molecular formula is C10H17NO4. The summed E-state index contributed by atoms with van der Waals surface area (Å²) in [5, 5.41) is 8.29. The summed E-state index contributed by atoms with van der Waals surface area (Å²) in [6.07, 6.45) is 1.32. The van der Waals surface area contributed by atoms with Crippen LogP contribution in [0.15, 0.2) is 12.2 Å². The van der Waals surface area contributed by atoms with Crippen LogP contribution in [0.2, 0.25) is 0 Å². The summed E-state index contributed by atoms with van der Waals surface area (Å²) < 4.78 is 4.98. The molecule has 1 unspecified atom stereocenters. The number of carboxylic acid groups (broad SMARTS) is 1. The number of aliphatic carboxylic acids is 1. The Hall–Kier alpha value is -1.36. The van der Waals surface area contributed by atoms with Crippen molar-refractivity contribution in [2.75, 3.05) is 13.1 Å². The van der Waals surface area contributed by atoms with E-state index < -0.39 is 11.9 Å². The lowest BCUT2D eigenvalue weighted by molar-refractivity contribution is -0.151. The van der Waals surface area contributed by atoms with Crippen LogP contribution >= 0.6 is 0 Å². The Morgan fingerprint density at radius 3 is 2.27 bits per heavy atom. The molecule has 0 saturated heterocycles. The van der Waals surface area contributed by atoms with Gasteiger partial charge in [-0.15, -0.1) is 0 Å². The van der Waals surface area contributed by atoms with E-state index in [4.69, 9.17) is 9.84 Å². The van der Waals surface area contributed by atoms with Crippen LogP contribution in [0.25, 0.3) is 0 Å². The van der Waals surface area contributed by atoms with E-state index in [-0.39, 0.29) is 6.23 Å². The molecule has 0 aliphatic carbocycles. The van der Waals surface area contributed by atoms with Crippen LogP contribution in [0.5, 0.6) is 0 Å². The molecule has 0 radical (unpaired) electrons. The summed E-state index contributed by atoms with van der Waals surface area (Å²) in [7, 11) is 0. The molecule has 0 aliphatic heterocycles. The number of carbonyl (C=O) groups excluding carboxylic acids is 1. The van der Waals surface area contributed by atoms with Gasteiger partial charge in [-0.25, -0.2) is 9.59 Å². The standard InChI is InChI=1S/C10H17NO4/c1-4-11(5-2)8(3)15-10(14)7-6-9(12)13/h6-8H,4-5H2,1-3H3,(H,12,13)/b7-6-. The van der Waals surface area contributed by atoms with Gasteiger partial charge in [-0.2, -0.15) is 0 Å². The Bertz CT molecular complexity index is 246. The van der Waals surface area contributed by atoms with Gasteiger partial charge in [0.05, 0.1) is 0 Å². The Labute approximate surface area is 89.3 Å². The minimum atomic E-state index is -1.16. The fraction of sp³-hybridized carbons (Fsp3) is 0.600. The van der Waals surface area contributed by atoms with Gasteiger partial charge in [-0.3, -0.25) is 4.90 Å². The zero-order valence-electron chi connectivity index (χ0n) is 9.27. The zero-order valence-corrected chi connectivity index (χ0v) is 9.27. The van der Waals surface area contributed by atoms with Crippen molar-refractivity contribution in [2.24, 2.45) is 0 Å². The lowest BCUT2D eigenvalue weighted by Crippen LogP contribution is -2.35. The van der Waals surface area contributed by atoms with Gasteiger partial charge in [-0.05, 0) is 20.0 Å². The largest absolute Gasteiger partial charge is 0.478 e. The average molecular weight is 215 g/mol. The van der Waals surface area contributed by atoms with Gasteiger partial charge in [0.2, 0.25) is 0 Å². The zero-order chi connectivity index (χ0) is 11.8. The third kappa shape index (κ3) is 5.85. The quantitative estimate of drug-likeness (QED) is 0.404. The van der Waals surface area contributed by atoms with Crippen LogP contribution in [0.3, 0.4) is 0 Å². The van der Waals surface area contributed by atoms with E-state index in [0.29, 0.717) is 0 Å². The van der Waals surface area contributed by atoms with Gasteiger partial charge >= 0.3 is 11.9 Å². The molecule has 0 rings (SSSR count). The molecule has 0 fully saturated rings. The van der Waals surface area contributed by atoms with Crippen LogP contribution in [-0.4, -0.2) is 41.3 Å². The minimum Gasteiger partial charge on any atom is -0.478 e. The van der Waals surface area contributed by atoms with E-state index >= 15 is 0 Å². The second kappa shape index (κ2) is 7.00. The maximum Gasteiger partial charge on any atom is 0.332 e. The molecule has 15 heavy (non-hydrogen) atoms. The summed E-state index contributed by atoms with van der Waals surface area (Å²) in [4.78, 5) is 23.2. The SMILES string of the molecule is CCN(CC)C(C)OC(=O)/C=C\C(=O)O. The maximum atomic E-state index is 11.1. The lowest BCUT2D eigenvalue weighted by Gasteiger charge is -2.25. The smallest absolute Gasteiger partial charge is 0.332 e. The van der Waals surface area contributed by atoms with Crippen LogP contribution < -0.4 is 0 Å². The fourth-order valence-corrected chi connectivity index (χ4v) is 1.16. The maximum absolute atomic E-state index is 11.1. The van der Waals surface area contributed by atoms with Gasteiger partial charge in [0.15, 0.2) is 6.23 Å². The van der Waals surface area contributed by atoms with Crippen LogP contribution in [-0.2, 0) is 14.3 Å². The molecule has 0 saturated carbocycles. The van der Waals surface area contributed by atoms with Crippen molar-refractivity contribution in [3.8, 4) is 0 Å². The number of carboxylic acids is 1. The van der Waals surface area contributed by atoms with Gasteiger partial charge in [-0.1, -0.05) is 13.8 Å². The van der Waals surface area contributed by atoms with Crippen molar-refractivity contribution in [3.63, 3.8) is 0 Å². The highest BCUT2D eigenvalue weighted by atomic mass is 16.6. The second-order valence-corrected chi connectivity index (χ2v) is 2.93. The van der Waals surface area contributed by atoms with E-state index in [1.807, 2.05) is 18.7 Å². The molecule has 0 aliphatic rings. The molecule has 5 nitrogen and oxygen atoms in total. The topological polar surface area (TPSA) is 66.8 Å². The molecule has 0 heterocycles. The van der Waals surface area contributed by atoms with Crippen molar-refractivity contribution in [2.45, 2.75) is 27.0 Å². The average Bonchev–Trinajstić information content (AvgIpc) is 2.16. The Balaban J connectivity index is 4.11. The summed E-state index contributed by atoms with van der Waals surface area (Å²) in [6.45, 7) is 7.21. The van der Waals surface area contributed by atoms with Gasteiger partial charge < -0.3 is 9.84 Å². The lowest BCUT2D eigenvalue weighted by atomic mass is 10.4. The van der Waals surface area contributed by atoms with Gasteiger partial charge in [0.1, 0.15) is 0 Å². The highest BCUT2D eigenvalue weighted by molar-refractivity contribution is 5.90. The number of hydrogen-bond donors (Lipinski definition) is 1. The molecule has 1 N–H and O–H groups in total. The first-order chi connectivity index (χ1) is 7.01. The molecule has 0 amide bonds. The van der Waals surface area contributed by atoms with Crippen molar-refractivity contribution in [1.29, 1.82) is 0 Å². The highest BCUT2D eigenvalue weighted by Gasteiger charge is 2.12. The molecule has 0 aromatic rings. The first-order valence-corrected chi connectivity index (χ1v) is 4.86. The first-order valence-electron chi connectivity index (χ1n) is 4.86. The van der Waals surface area contributed by atoms with Crippen molar-refractivity contribution >= 4 is 11.9 Å². The molecule has 0 spiro atoms. The Morgan fingerprint density at radius 1 is 1.33 bits per heavy atom. The minimum absolute atomic E-state index is 0.342. The van der Waals surface area contributed by atoms with E-state index in [9.17, 15) is 9.59 Å². The monoisotopic (exact) mass is 215 g/mol. The van der Waals surface area contributed by atoms with E-state index in [2.05, 4.69) is 0 Å². The number of rotatable bonds is 6. The predicted molar refractivity (Wildman–Crippen MR) is 55.3 cm³/mol. The molecule has 5 heteroatoms. The Morgan fingerprint density at radius 2 is 1.87 bits per heavy atom. The summed E-state index contributed by atoms with van der Waals surface area (Å²) in [6, 6.07) is 0. The first kappa shape index (κ1) is 13.6. The predicted octanol–water partition coefficient (Wildman–Crippen LogP) is 0.858. The molecule has 0 aromatic heterocycles.